The third-order valence-electron chi connectivity index (χ3n) is 15.1. The van der Waals surface area contributed by atoms with E-state index in [1.54, 1.807) is 6.08 Å². The van der Waals surface area contributed by atoms with Crippen molar-refractivity contribution < 1.29 is 32.9 Å². The number of unbranched alkanes of at least 4 members (excludes halogenated alkanes) is 30. The Morgan fingerprint density at radius 3 is 1.05 bits per heavy atom. The molecule has 2 N–H and O–H groups in total. The predicted molar refractivity (Wildman–Crippen MR) is 371 cm³/mol. The maximum absolute atomic E-state index is 13.0. The van der Waals surface area contributed by atoms with E-state index in [4.69, 9.17) is 9.05 Å². The molecule has 85 heavy (non-hydrogen) atoms. The van der Waals surface area contributed by atoms with Crippen molar-refractivity contribution in [2.24, 2.45) is 0 Å². The summed E-state index contributed by atoms with van der Waals surface area (Å²) in [5.74, 6) is -0.214. The summed E-state index contributed by atoms with van der Waals surface area (Å²) in [5, 5.41) is 14.0. The van der Waals surface area contributed by atoms with Crippen LogP contribution < -0.4 is 10.2 Å². The molecule has 0 fully saturated rings. The van der Waals surface area contributed by atoms with Gasteiger partial charge in [0.05, 0.1) is 39.9 Å². The molecule has 0 aromatic carbocycles. The third-order valence-corrected chi connectivity index (χ3v) is 16.1. The number of nitrogens with one attached hydrogen (secondary N) is 1. The lowest BCUT2D eigenvalue weighted by atomic mass is 10.0. The lowest BCUT2D eigenvalue weighted by Gasteiger charge is -2.29. The number of likely N-dealkylation sites (N-methyl/N-ethyl adjacent to an activating group) is 1. The lowest BCUT2D eigenvalue weighted by Crippen LogP contribution is -2.45. The molecule has 0 aliphatic rings. The van der Waals surface area contributed by atoms with Gasteiger partial charge in [-0.25, -0.2) is 0 Å². The first-order valence-electron chi connectivity index (χ1n) is 35.0. The molecule has 0 aliphatic heterocycles. The van der Waals surface area contributed by atoms with Crippen LogP contribution in [-0.2, 0) is 18.4 Å². The van der Waals surface area contributed by atoms with E-state index in [0.717, 1.165) is 128 Å². The topological polar surface area (TPSA) is 108 Å². The zero-order valence-electron chi connectivity index (χ0n) is 55.8. The summed E-state index contributed by atoms with van der Waals surface area (Å²) in [5.41, 5.74) is 0. The number of carbonyl (C=O) groups excluding carboxylic acids is 1. The number of amides is 1. The largest absolute Gasteiger partial charge is 0.756 e. The second kappa shape index (κ2) is 65.1. The number of aliphatic hydroxyl groups is 1. The summed E-state index contributed by atoms with van der Waals surface area (Å²) in [7, 11) is 1.24. The highest BCUT2D eigenvalue weighted by molar-refractivity contribution is 7.45. The Kier molecular flexibility index (Phi) is 62.5. The van der Waals surface area contributed by atoms with Crippen LogP contribution in [0.25, 0.3) is 0 Å². The minimum Gasteiger partial charge on any atom is -0.756 e. The number of hydrogen-bond donors (Lipinski definition) is 2. The molecule has 9 heteroatoms. The van der Waals surface area contributed by atoms with Crippen molar-refractivity contribution in [1.82, 2.24) is 5.32 Å². The summed E-state index contributed by atoms with van der Waals surface area (Å²) in [4.78, 5) is 25.6. The zero-order valence-corrected chi connectivity index (χ0v) is 56.7. The van der Waals surface area contributed by atoms with Gasteiger partial charge < -0.3 is 28.8 Å². The summed E-state index contributed by atoms with van der Waals surface area (Å²) >= 11 is 0. The number of allylic oxidation sites excluding steroid dienone is 21. The van der Waals surface area contributed by atoms with E-state index in [9.17, 15) is 19.4 Å². The van der Waals surface area contributed by atoms with E-state index < -0.39 is 26.6 Å². The lowest BCUT2D eigenvalue weighted by molar-refractivity contribution is -0.870. The van der Waals surface area contributed by atoms with E-state index >= 15 is 0 Å². The van der Waals surface area contributed by atoms with Gasteiger partial charge in [-0.2, -0.15) is 0 Å². The molecule has 0 aromatic heterocycles. The molecule has 0 heterocycles. The predicted octanol–water partition coefficient (Wildman–Crippen LogP) is 22.0. The van der Waals surface area contributed by atoms with Crippen LogP contribution in [0, 0.1) is 0 Å². The average Bonchev–Trinajstić information content (AvgIpc) is 3.49. The molecule has 0 rings (SSSR count). The van der Waals surface area contributed by atoms with Gasteiger partial charge in [0.1, 0.15) is 13.2 Å². The first-order chi connectivity index (χ1) is 41.5. The van der Waals surface area contributed by atoms with E-state index in [2.05, 4.69) is 141 Å². The van der Waals surface area contributed by atoms with Crippen molar-refractivity contribution in [3.05, 3.63) is 134 Å². The molecular weight excluding hydrogens is 1070 g/mol. The maximum Gasteiger partial charge on any atom is 0.268 e. The summed E-state index contributed by atoms with van der Waals surface area (Å²) < 4.78 is 23.4. The molecule has 0 saturated carbocycles. The molecule has 488 valence electrons. The second-order valence-corrected chi connectivity index (χ2v) is 25.9. The number of nitrogens with zero attached hydrogens (tertiary/aromatic N) is 1. The quantitative estimate of drug-likeness (QED) is 0.0272. The zero-order chi connectivity index (χ0) is 61.9. The number of rotatable bonds is 63. The molecule has 1 amide bonds. The molecule has 0 saturated heterocycles. The fourth-order valence-corrected chi connectivity index (χ4v) is 10.4. The smallest absolute Gasteiger partial charge is 0.268 e. The van der Waals surface area contributed by atoms with E-state index in [1.807, 2.05) is 27.2 Å². The van der Waals surface area contributed by atoms with Crippen molar-refractivity contribution >= 4 is 13.7 Å². The molecule has 3 atom stereocenters. The average molecular weight is 1200 g/mol. The molecule has 0 spiro atoms. The highest BCUT2D eigenvalue weighted by Gasteiger charge is 2.23. The Balaban J connectivity index is 4.18. The fraction of sp³-hybridized carbons (Fsp3) is 0.697. The molecule has 3 unspecified atom stereocenters. The van der Waals surface area contributed by atoms with Gasteiger partial charge in [-0.1, -0.05) is 321 Å². The Labute approximate surface area is 526 Å². The van der Waals surface area contributed by atoms with Gasteiger partial charge in [0.25, 0.3) is 7.82 Å². The third kappa shape index (κ3) is 68.0. The highest BCUT2D eigenvalue weighted by atomic mass is 31.2. The molecule has 0 radical (unpaired) electrons. The van der Waals surface area contributed by atoms with Gasteiger partial charge in [-0.05, 0) is 96.3 Å². The minimum atomic E-state index is -4.62. The van der Waals surface area contributed by atoms with Crippen LogP contribution in [0.5, 0.6) is 0 Å². The van der Waals surface area contributed by atoms with Crippen LogP contribution in [0.3, 0.4) is 0 Å². The molecular formula is C76H133N2O6P. The summed E-state index contributed by atoms with van der Waals surface area (Å²) in [6.07, 6.45) is 98.5. The number of carbonyl (C=O) groups is 1. The van der Waals surface area contributed by atoms with Crippen molar-refractivity contribution in [3.63, 3.8) is 0 Å². The second-order valence-electron chi connectivity index (χ2n) is 24.5. The first-order valence-corrected chi connectivity index (χ1v) is 36.5. The van der Waals surface area contributed by atoms with Gasteiger partial charge in [-0.3, -0.25) is 9.36 Å². The fourth-order valence-electron chi connectivity index (χ4n) is 9.71. The Morgan fingerprint density at radius 1 is 0.424 bits per heavy atom. The Morgan fingerprint density at radius 2 is 0.718 bits per heavy atom. The number of phosphoric acid groups is 1. The van der Waals surface area contributed by atoms with Crippen LogP contribution in [-0.4, -0.2) is 68.5 Å². The van der Waals surface area contributed by atoms with Crippen LogP contribution in [0.4, 0.5) is 0 Å². The standard InChI is InChI=1S/C76H133N2O6P/c1-6-8-10-12-14-16-18-20-22-24-26-28-30-32-34-35-36-37-38-39-40-41-42-43-44-46-48-50-52-54-56-58-60-62-64-66-68-70-76(80)77-74(73-84-85(81,82)83-72-71-78(3,4)5)75(79)69-67-65-63-61-59-57-55-53-51-49-47-45-33-31-29-27-25-23-21-19-17-15-13-11-9-7-2/h8,10,14,16,20,22,26,28,32,34,36-37,39-40,42-43,46,48,52,54,67,69,74-75,79H,6-7,9,11-13,15,17-19,21,23-25,27,29-31,33,35,38,41,44-45,47,49-51,53,55-66,68,70-73H2,1-5H3,(H-,77,80,81,82)/b10-8-,16-14-,22-20-,28-26-,34-32-,37-36-,40-39-,43-42-,48-46-,54-52-,69-67+. The first kappa shape index (κ1) is 81.6. The van der Waals surface area contributed by atoms with Gasteiger partial charge in [0, 0.05) is 6.42 Å². The van der Waals surface area contributed by atoms with E-state index in [1.165, 1.54) is 141 Å². The van der Waals surface area contributed by atoms with Gasteiger partial charge in [0.15, 0.2) is 0 Å². The maximum atomic E-state index is 13.0. The number of hydrogen-bond acceptors (Lipinski definition) is 6. The number of aliphatic hydroxyl groups excluding tert-OH is 1. The van der Waals surface area contributed by atoms with Crippen LogP contribution >= 0.6 is 7.82 Å². The minimum absolute atomic E-state index is 0.0105. The Hall–Kier alpha value is -3.36. The molecule has 0 aromatic rings. The normalized spacial score (nSPS) is 14.5. The van der Waals surface area contributed by atoms with Gasteiger partial charge >= 0.3 is 0 Å². The summed E-state index contributed by atoms with van der Waals surface area (Å²) in [6, 6.07) is -0.906. The number of phosphoric ester groups is 1. The van der Waals surface area contributed by atoms with Crippen molar-refractivity contribution in [1.29, 1.82) is 0 Å². The molecule has 0 bridgehead atoms. The SMILES string of the molecule is CC/C=C\C/C=C\C/C=C\C/C=C\C/C=C\C/C=C\C/C=C\C/C=C\C/C=C\C/C=C\CCCCCCCCC(=O)NC(COP(=O)([O-])OCC[N+](C)(C)C)C(O)/C=C/CCCCCCCCCCCCCCCCCCCCCCCCCC. The van der Waals surface area contributed by atoms with Gasteiger partial charge in [0.2, 0.25) is 5.91 Å². The molecule has 8 nitrogen and oxygen atoms in total. The van der Waals surface area contributed by atoms with Crippen LogP contribution in [0.1, 0.15) is 290 Å². The monoisotopic (exact) mass is 1200 g/mol. The van der Waals surface area contributed by atoms with Gasteiger partial charge in [-0.15, -0.1) is 0 Å². The van der Waals surface area contributed by atoms with Crippen LogP contribution in [0.2, 0.25) is 0 Å². The van der Waals surface area contributed by atoms with E-state index in [0.29, 0.717) is 17.4 Å². The number of quaternary nitrogens is 1. The van der Waals surface area contributed by atoms with Crippen molar-refractivity contribution in [2.75, 3.05) is 40.9 Å². The highest BCUT2D eigenvalue weighted by Crippen LogP contribution is 2.38. The van der Waals surface area contributed by atoms with Crippen molar-refractivity contribution in [2.45, 2.75) is 302 Å². The molecule has 0 aliphatic carbocycles. The van der Waals surface area contributed by atoms with E-state index in [-0.39, 0.29) is 12.5 Å². The summed E-state index contributed by atoms with van der Waals surface area (Å²) in [6.45, 7) is 4.54. The Bertz CT molecular complexity index is 1850. The van der Waals surface area contributed by atoms with Crippen molar-refractivity contribution in [3.8, 4) is 0 Å². The van der Waals surface area contributed by atoms with Crippen LogP contribution in [0.15, 0.2) is 134 Å².